The molecule has 2 N–H and O–H groups in total. The summed E-state index contributed by atoms with van der Waals surface area (Å²) in [4.78, 5) is 22.9. The Labute approximate surface area is 147 Å². The largest absolute Gasteiger partial charge is 0.449 e. The number of fused-ring (bicyclic) bond motifs is 2. The lowest BCUT2D eigenvalue weighted by atomic mass is 10.0. The molecule has 0 bridgehead atoms. The number of amides is 2. The molecule has 25 heavy (non-hydrogen) atoms. The smallest absolute Gasteiger partial charge is 0.407 e. The van der Waals surface area contributed by atoms with Crippen LogP contribution in [0.25, 0.3) is 0 Å². The molecule has 0 aliphatic heterocycles. The van der Waals surface area contributed by atoms with Crippen LogP contribution in [0.2, 0.25) is 0 Å². The Morgan fingerprint density at radius 1 is 1.28 bits per heavy atom. The van der Waals surface area contributed by atoms with Crippen LogP contribution >= 0.6 is 0 Å². The Bertz CT molecular complexity index is 630. The normalized spacial score (nSPS) is 24.3. The van der Waals surface area contributed by atoms with E-state index in [9.17, 15) is 9.59 Å². The summed E-state index contributed by atoms with van der Waals surface area (Å²) in [5.74, 6) is 1.73. The van der Waals surface area contributed by atoms with E-state index in [2.05, 4.69) is 20.9 Å². The Kier molecular flexibility index (Phi) is 5.55. The van der Waals surface area contributed by atoms with Gasteiger partial charge in [0, 0.05) is 27.1 Å². The standard InChI is InChI=1S/C17H27N5O3/c1-18-16(23)4-3-9-19-17(24)25-10-13-11-5-7-14-15(8-6-12(11)13)22(2)21-20-14/h11-13H,3-10H2,1-2H3,(H,18,23)(H,19,24)/t11-,12+,13?/m1/s1. The molecule has 1 heterocycles. The van der Waals surface area contributed by atoms with E-state index in [0.29, 0.717) is 43.7 Å². The first kappa shape index (κ1) is 17.7. The van der Waals surface area contributed by atoms with Crippen molar-refractivity contribution in [3.05, 3.63) is 11.4 Å². The van der Waals surface area contributed by atoms with Crippen LogP contribution in [0.15, 0.2) is 0 Å². The summed E-state index contributed by atoms with van der Waals surface area (Å²) in [5.41, 5.74) is 2.38. The Balaban J connectivity index is 1.35. The average Bonchev–Trinajstić information content (AvgIpc) is 3.13. The molecule has 3 atom stereocenters. The number of hydrogen-bond donors (Lipinski definition) is 2. The third kappa shape index (κ3) is 4.29. The monoisotopic (exact) mass is 349 g/mol. The van der Waals surface area contributed by atoms with Crippen LogP contribution in [-0.4, -0.2) is 47.2 Å². The summed E-state index contributed by atoms with van der Waals surface area (Å²) in [6, 6.07) is 0. The third-order valence-corrected chi connectivity index (χ3v) is 5.50. The van der Waals surface area contributed by atoms with Crippen molar-refractivity contribution in [3.8, 4) is 0 Å². The lowest BCUT2D eigenvalue weighted by Crippen LogP contribution is -2.27. The van der Waals surface area contributed by atoms with Crippen LogP contribution in [-0.2, 0) is 29.4 Å². The second kappa shape index (κ2) is 7.84. The summed E-state index contributed by atoms with van der Waals surface area (Å²) in [6.45, 7) is 0.941. The van der Waals surface area contributed by atoms with E-state index in [-0.39, 0.29) is 12.0 Å². The van der Waals surface area contributed by atoms with Gasteiger partial charge in [0.05, 0.1) is 18.0 Å². The quantitative estimate of drug-likeness (QED) is 0.741. The summed E-state index contributed by atoms with van der Waals surface area (Å²) >= 11 is 0. The number of ether oxygens (including phenoxy) is 1. The van der Waals surface area contributed by atoms with Crippen molar-refractivity contribution >= 4 is 12.0 Å². The zero-order valence-corrected chi connectivity index (χ0v) is 15.0. The van der Waals surface area contributed by atoms with Gasteiger partial charge in [-0.2, -0.15) is 0 Å². The van der Waals surface area contributed by atoms with Crippen LogP contribution < -0.4 is 10.6 Å². The van der Waals surface area contributed by atoms with Gasteiger partial charge >= 0.3 is 6.09 Å². The van der Waals surface area contributed by atoms with E-state index in [1.165, 1.54) is 5.69 Å². The molecule has 8 heteroatoms. The van der Waals surface area contributed by atoms with E-state index < -0.39 is 0 Å². The van der Waals surface area contributed by atoms with Crippen LogP contribution in [0.3, 0.4) is 0 Å². The highest BCUT2D eigenvalue weighted by molar-refractivity contribution is 5.75. The van der Waals surface area contributed by atoms with Gasteiger partial charge in [-0.25, -0.2) is 4.79 Å². The van der Waals surface area contributed by atoms with Gasteiger partial charge < -0.3 is 15.4 Å². The first-order chi connectivity index (χ1) is 12.1. The number of hydrogen-bond acceptors (Lipinski definition) is 5. The highest BCUT2D eigenvalue weighted by Crippen LogP contribution is 2.52. The minimum atomic E-state index is -0.384. The van der Waals surface area contributed by atoms with Crippen LogP contribution in [0.1, 0.15) is 37.1 Å². The molecule has 2 aliphatic rings. The molecule has 1 fully saturated rings. The fourth-order valence-corrected chi connectivity index (χ4v) is 3.94. The van der Waals surface area contributed by atoms with E-state index >= 15 is 0 Å². The van der Waals surface area contributed by atoms with Crippen molar-refractivity contribution < 1.29 is 14.3 Å². The van der Waals surface area contributed by atoms with Gasteiger partial charge in [-0.05, 0) is 49.9 Å². The van der Waals surface area contributed by atoms with Gasteiger partial charge in [0.15, 0.2) is 0 Å². The molecule has 1 aromatic rings. The van der Waals surface area contributed by atoms with E-state index in [1.807, 2.05) is 11.7 Å². The summed E-state index contributed by atoms with van der Waals surface area (Å²) in [7, 11) is 3.56. The van der Waals surface area contributed by atoms with Gasteiger partial charge in [0.25, 0.3) is 0 Å². The predicted octanol–water partition coefficient (Wildman–Crippen LogP) is 0.808. The number of nitrogens with zero attached hydrogens (tertiary/aromatic N) is 3. The number of rotatable bonds is 6. The Hall–Kier alpha value is -2.12. The van der Waals surface area contributed by atoms with Crippen molar-refractivity contribution in [2.75, 3.05) is 20.2 Å². The second-order valence-electron chi connectivity index (χ2n) is 6.98. The fourth-order valence-electron chi connectivity index (χ4n) is 3.94. The average molecular weight is 349 g/mol. The van der Waals surface area contributed by atoms with Gasteiger partial charge in [-0.3, -0.25) is 9.48 Å². The molecule has 0 saturated heterocycles. The maximum absolute atomic E-state index is 11.8. The molecule has 0 radical (unpaired) electrons. The first-order valence-electron chi connectivity index (χ1n) is 9.08. The lowest BCUT2D eigenvalue weighted by molar-refractivity contribution is -0.120. The first-order valence-corrected chi connectivity index (χ1v) is 9.08. The second-order valence-corrected chi connectivity index (χ2v) is 6.98. The third-order valence-electron chi connectivity index (χ3n) is 5.50. The maximum atomic E-state index is 11.8. The fraction of sp³-hybridized carbons (Fsp3) is 0.765. The number of carbonyl (C=O) groups is 2. The zero-order valence-electron chi connectivity index (χ0n) is 15.0. The number of aryl methyl sites for hydroxylation is 2. The van der Waals surface area contributed by atoms with Crippen molar-refractivity contribution in [1.29, 1.82) is 0 Å². The Morgan fingerprint density at radius 3 is 2.80 bits per heavy atom. The summed E-state index contributed by atoms with van der Waals surface area (Å²) < 4.78 is 7.26. The van der Waals surface area contributed by atoms with Crippen LogP contribution in [0.4, 0.5) is 4.79 Å². The molecular weight excluding hydrogens is 322 g/mol. The molecule has 1 aromatic heterocycles. The van der Waals surface area contributed by atoms with Crippen LogP contribution in [0.5, 0.6) is 0 Å². The van der Waals surface area contributed by atoms with Crippen molar-refractivity contribution in [2.45, 2.75) is 38.5 Å². The number of aromatic nitrogens is 3. The molecular formula is C17H27N5O3. The molecule has 0 aromatic carbocycles. The number of alkyl carbamates (subject to hydrolysis) is 1. The molecule has 8 nitrogen and oxygen atoms in total. The molecule has 3 rings (SSSR count). The van der Waals surface area contributed by atoms with E-state index in [1.54, 1.807) is 7.05 Å². The SMILES string of the molecule is CNC(=O)CCCNC(=O)OCC1[C@H]2CCc3c(nnn3C)CC[C@@H]12. The predicted molar refractivity (Wildman–Crippen MR) is 90.8 cm³/mol. The summed E-state index contributed by atoms with van der Waals surface area (Å²) in [5, 5.41) is 13.6. The Morgan fingerprint density at radius 2 is 2.04 bits per heavy atom. The van der Waals surface area contributed by atoms with Gasteiger partial charge in [-0.1, -0.05) is 5.21 Å². The molecule has 1 unspecified atom stereocenters. The molecule has 0 spiro atoms. The number of carbonyl (C=O) groups excluding carboxylic acids is 2. The zero-order chi connectivity index (χ0) is 17.8. The summed E-state index contributed by atoms with van der Waals surface area (Å²) in [6.07, 6.45) is 4.81. The van der Waals surface area contributed by atoms with E-state index in [0.717, 1.165) is 31.4 Å². The van der Waals surface area contributed by atoms with E-state index in [4.69, 9.17) is 4.74 Å². The van der Waals surface area contributed by atoms with Gasteiger partial charge in [-0.15, -0.1) is 5.10 Å². The number of nitrogens with one attached hydrogen (secondary N) is 2. The van der Waals surface area contributed by atoms with Crippen molar-refractivity contribution in [3.63, 3.8) is 0 Å². The highest BCUT2D eigenvalue weighted by atomic mass is 16.5. The topological polar surface area (TPSA) is 98.1 Å². The van der Waals surface area contributed by atoms with Gasteiger partial charge in [0.2, 0.25) is 5.91 Å². The minimum absolute atomic E-state index is 0.0185. The van der Waals surface area contributed by atoms with Gasteiger partial charge in [0.1, 0.15) is 0 Å². The molecule has 2 aliphatic carbocycles. The van der Waals surface area contributed by atoms with Crippen molar-refractivity contribution in [2.24, 2.45) is 24.8 Å². The molecule has 1 saturated carbocycles. The maximum Gasteiger partial charge on any atom is 0.407 e. The highest BCUT2D eigenvalue weighted by Gasteiger charge is 2.50. The lowest BCUT2D eigenvalue weighted by Gasteiger charge is -2.07. The minimum Gasteiger partial charge on any atom is -0.449 e. The van der Waals surface area contributed by atoms with Crippen LogP contribution in [0, 0.1) is 17.8 Å². The molecule has 138 valence electrons. The van der Waals surface area contributed by atoms with Crippen molar-refractivity contribution in [1.82, 2.24) is 25.6 Å². The molecule has 2 amide bonds.